The largest absolute Gasteiger partial charge is 0.416 e. The van der Waals surface area contributed by atoms with Crippen LogP contribution in [0.25, 0.3) is 17.0 Å². The average Bonchev–Trinajstić information content (AvgIpc) is 3.15. The molecule has 3 aromatic heterocycles. The molecule has 1 amide bonds. The van der Waals surface area contributed by atoms with Crippen molar-refractivity contribution in [2.24, 2.45) is 0 Å². The summed E-state index contributed by atoms with van der Waals surface area (Å²) in [5.41, 5.74) is 1.06. The van der Waals surface area contributed by atoms with Crippen LogP contribution in [-0.2, 0) is 12.7 Å². The highest BCUT2D eigenvalue weighted by Gasteiger charge is 2.30. The molecular formula is C20H14F3N5O. The number of rotatable bonds is 4. The number of amides is 1. The van der Waals surface area contributed by atoms with Crippen LogP contribution in [0.1, 0.15) is 21.5 Å². The summed E-state index contributed by atoms with van der Waals surface area (Å²) >= 11 is 0. The van der Waals surface area contributed by atoms with Crippen molar-refractivity contribution in [1.82, 2.24) is 24.9 Å². The molecule has 0 aliphatic carbocycles. The van der Waals surface area contributed by atoms with Crippen LogP contribution in [0.3, 0.4) is 0 Å². The molecule has 3 heterocycles. The molecule has 6 nitrogen and oxygen atoms in total. The fourth-order valence-corrected chi connectivity index (χ4v) is 2.84. The number of pyridine rings is 2. The zero-order valence-corrected chi connectivity index (χ0v) is 14.9. The van der Waals surface area contributed by atoms with Crippen LogP contribution in [0.5, 0.6) is 0 Å². The number of carbonyl (C=O) groups excluding carboxylic acids is 1. The summed E-state index contributed by atoms with van der Waals surface area (Å²) in [6, 6.07) is 11.6. The molecule has 0 saturated heterocycles. The van der Waals surface area contributed by atoms with Crippen molar-refractivity contribution in [3.05, 3.63) is 83.8 Å². The number of halogens is 3. The van der Waals surface area contributed by atoms with Crippen LogP contribution in [0.15, 0.2) is 67.1 Å². The van der Waals surface area contributed by atoms with Gasteiger partial charge in [-0.2, -0.15) is 13.2 Å². The highest BCUT2D eigenvalue weighted by atomic mass is 19.4. The predicted octanol–water partition coefficient (Wildman–Crippen LogP) is 3.74. The summed E-state index contributed by atoms with van der Waals surface area (Å²) in [4.78, 5) is 16.5. The number of benzene rings is 1. The number of aromatic nitrogens is 4. The number of nitrogens with zero attached hydrogens (tertiary/aromatic N) is 4. The van der Waals surface area contributed by atoms with Gasteiger partial charge in [0.15, 0.2) is 11.5 Å². The first-order chi connectivity index (χ1) is 13.9. The van der Waals surface area contributed by atoms with Crippen LogP contribution < -0.4 is 5.32 Å². The second-order valence-electron chi connectivity index (χ2n) is 6.29. The molecule has 0 unspecified atom stereocenters. The molecule has 29 heavy (non-hydrogen) atoms. The van der Waals surface area contributed by atoms with E-state index in [9.17, 15) is 18.0 Å². The van der Waals surface area contributed by atoms with Crippen molar-refractivity contribution in [2.45, 2.75) is 12.7 Å². The van der Waals surface area contributed by atoms with Crippen LogP contribution >= 0.6 is 0 Å². The smallest absolute Gasteiger partial charge is 0.348 e. The Bertz CT molecular complexity index is 1170. The Morgan fingerprint density at radius 2 is 1.93 bits per heavy atom. The van der Waals surface area contributed by atoms with Crippen LogP contribution in [0, 0.1) is 0 Å². The van der Waals surface area contributed by atoms with Crippen molar-refractivity contribution >= 4 is 11.6 Å². The number of fused-ring (bicyclic) bond motifs is 1. The fraction of sp³-hybridized carbons (Fsp3) is 0.100. The summed E-state index contributed by atoms with van der Waals surface area (Å²) in [5, 5.41) is 10.7. The Morgan fingerprint density at radius 3 is 2.69 bits per heavy atom. The second-order valence-corrected chi connectivity index (χ2v) is 6.29. The maximum atomic E-state index is 13.0. The summed E-state index contributed by atoms with van der Waals surface area (Å²) in [7, 11) is 0. The molecule has 0 aliphatic rings. The zero-order chi connectivity index (χ0) is 20.4. The minimum atomic E-state index is -4.46. The average molecular weight is 397 g/mol. The van der Waals surface area contributed by atoms with E-state index in [2.05, 4.69) is 20.5 Å². The Labute approximate surface area is 163 Å². The van der Waals surface area contributed by atoms with Gasteiger partial charge in [-0.25, -0.2) is 0 Å². The van der Waals surface area contributed by atoms with Gasteiger partial charge in [-0.3, -0.25) is 14.2 Å². The van der Waals surface area contributed by atoms with Gasteiger partial charge in [0.25, 0.3) is 5.91 Å². The van der Waals surface area contributed by atoms with Gasteiger partial charge >= 0.3 is 6.18 Å². The Kier molecular flexibility index (Phi) is 4.71. The zero-order valence-electron chi connectivity index (χ0n) is 14.9. The quantitative estimate of drug-likeness (QED) is 0.570. The van der Waals surface area contributed by atoms with E-state index in [1.807, 2.05) is 6.07 Å². The standard InChI is InChI=1S/C20H14F3N5O/c21-20(22,23)16-5-1-4-14(9-16)18-27-26-17-7-6-15(12-28(17)18)19(29)25-11-13-3-2-8-24-10-13/h1-10,12H,11H2,(H,25,29). The molecule has 0 atom stereocenters. The number of alkyl halides is 3. The third kappa shape index (κ3) is 3.93. The molecule has 4 rings (SSSR count). The molecule has 0 bridgehead atoms. The van der Waals surface area contributed by atoms with Crippen LogP contribution in [0.2, 0.25) is 0 Å². The molecule has 1 aromatic carbocycles. The van der Waals surface area contributed by atoms with Crippen molar-refractivity contribution in [3.8, 4) is 11.4 Å². The number of nitrogens with one attached hydrogen (secondary N) is 1. The van der Waals surface area contributed by atoms with Gasteiger partial charge in [-0.1, -0.05) is 18.2 Å². The monoisotopic (exact) mass is 397 g/mol. The van der Waals surface area contributed by atoms with Crippen molar-refractivity contribution in [2.75, 3.05) is 0 Å². The van der Waals surface area contributed by atoms with E-state index in [0.29, 0.717) is 17.8 Å². The Morgan fingerprint density at radius 1 is 1.07 bits per heavy atom. The van der Waals surface area contributed by atoms with E-state index >= 15 is 0 Å². The van der Waals surface area contributed by atoms with E-state index in [4.69, 9.17) is 0 Å². The lowest BCUT2D eigenvalue weighted by Gasteiger charge is -2.09. The van der Waals surface area contributed by atoms with E-state index in [1.54, 1.807) is 30.6 Å². The third-order valence-electron chi connectivity index (χ3n) is 4.29. The first kappa shape index (κ1) is 18.6. The predicted molar refractivity (Wildman–Crippen MR) is 98.8 cm³/mol. The lowest BCUT2D eigenvalue weighted by Crippen LogP contribution is -2.23. The summed E-state index contributed by atoms with van der Waals surface area (Å²) in [6.07, 6.45) is 0.326. The second kappa shape index (κ2) is 7.34. The first-order valence-electron chi connectivity index (χ1n) is 8.61. The van der Waals surface area contributed by atoms with E-state index < -0.39 is 11.7 Å². The summed E-state index contributed by atoms with van der Waals surface area (Å²) < 4.78 is 40.5. The Hall–Kier alpha value is -3.75. The number of carbonyl (C=O) groups is 1. The van der Waals surface area contributed by atoms with Crippen molar-refractivity contribution < 1.29 is 18.0 Å². The van der Waals surface area contributed by atoms with Gasteiger partial charge in [-0.05, 0) is 35.9 Å². The molecule has 1 N–H and O–H groups in total. The highest BCUT2D eigenvalue weighted by molar-refractivity contribution is 5.94. The lowest BCUT2D eigenvalue weighted by molar-refractivity contribution is -0.137. The molecule has 4 aromatic rings. The molecule has 0 aliphatic heterocycles. The van der Waals surface area contributed by atoms with Crippen molar-refractivity contribution in [3.63, 3.8) is 0 Å². The summed E-state index contributed by atoms with van der Waals surface area (Å²) in [5.74, 6) is -0.118. The molecular weight excluding hydrogens is 383 g/mol. The van der Waals surface area contributed by atoms with E-state index in [-0.39, 0.29) is 17.3 Å². The van der Waals surface area contributed by atoms with E-state index in [0.717, 1.165) is 17.7 Å². The Balaban J connectivity index is 1.64. The number of hydrogen-bond acceptors (Lipinski definition) is 4. The van der Waals surface area contributed by atoms with Gasteiger partial charge in [0.05, 0.1) is 11.1 Å². The molecule has 146 valence electrons. The minimum Gasteiger partial charge on any atom is -0.348 e. The molecule has 0 spiro atoms. The van der Waals surface area contributed by atoms with Crippen molar-refractivity contribution in [1.29, 1.82) is 0 Å². The normalized spacial score (nSPS) is 11.6. The maximum Gasteiger partial charge on any atom is 0.416 e. The molecule has 9 heteroatoms. The number of hydrogen-bond donors (Lipinski definition) is 1. The molecule has 0 radical (unpaired) electrons. The van der Waals surface area contributed by atoms with Gasteiger partial charge in [0, 0.05) is 30.7 Å². The van der Waals surface area contributed by atoms with Gasteiger partial charge in [0.2, 0.25) is 0 Å². The van der Waals surface area contributed by atoms with Gasteiger partial charge < -0.3 is 5.32 Å². The molecule has 0 saturated carbocycles. The topological polar surface area (TPSA) is 72.2 Å². The van der Waals surface area contributed by atoms with Gasteiger partial charge in [-0.15, -0.1) is 10.2 Å². The van der Waals surface area contributed by atoms with E-state index in [1.165, 1.54) is 22.7 Å². The maximum absolute atomic E-state index is 13.0. The van der Waals surface area contributed by atoms with Gasteiger partial charge in [0.1, 0.15) is 0 Å². The fourth-order valence-electron chi connectivity index (χ4n) is 2.84. The third-order valence-corrected chi connectivity index (χ3v) is 4.29. The minimum absolute atomic E-state index is 0.216. The van der Waals surface area contributed by atoms with Crippen LogP contribution in [0.4, 0.5) is 13.2 Å². The SMILES string of the molecule is O=C(NCc1cccnc1)c1ccc2nnc(-c3cccc(C(F)(F)F)c3)n2c1. The lowest BCUT2D eigenvalue weighted by atomic mass is 10.1. The summed E-state index contributed by atoms with van der Waals surface area (Å²) in [6.45, 7) is 0.299. The first-order valence-corrected chi connectivity index (χ1v) is 8.61. The molecule has 0 fully saturated rings. The highest BCUT2D eigenvalue weighted by Crippen LogP contribution is 2.31. The van der Waals surface area contributed by atoms with Crippen LogP contribution in [-0.4, -0.2) is 25.5 Å².